The van der Waals surface area contributed by atoms with Crippen LogP contribution in [0.5, 0.6) is 0 Å². The molecule has 2 heterocycles. The second-order valence-electron chi connectivity index (χ2n) is 6.08. The minimum atomic E-state index is -0.402. The average molecular weight is 380 g/mol. The number of nitrogens with zero attached hydrogens (tertiary/aromatic N) is 5. The van der Waals surface area contributed by atoms with Gasteiger partial charge < -0.3 is 19.9 Å². The van der Waals surface area contributed by atoms with Crippen molar-refractivity contribution in [2.75, 3.05) is 43.0 Å². The van der Waals surface area contributed by atoms with Crippen LogP contribution in [-0.2, 0) is 4.74 Å². The Balaban J connectivity index is 1.58. The highest BCUT2D eigenvalue weighted by molar-refractivity contribution is 6.02. The number of nitrogens with one attached hydrogen (secondary N) is 1. The van der Waals surface area contributed by atoms with E-state index in [1.807, 2.05) is 11.0 Å². The molecule has 1 aromatic carbocycles. The third-order valence-electron chi connectivity index (χ3n) is 4.25. The molecule has 0 aliphatic carbocycles. The molecule has 28 heavy (non-hydrogen) atoms. The maximum absolute atomic E-state index is 12.3. The maximum atomic E-state index is 12.3. The van der Waals surface area contributed by atoms with Gasteiger partial charge in [0.2, 0.25) is 0 Å². The highest BCUT2D eigenvalue weighted by Crippen LogP contribution is 2.14. The fraction of sp³-hybridized carbons (Fsp3) is 0.316. The third-order valence-corrected chi connectivity index (χ3v) is 4.25. The van der Waals surface area contributed by atoms with Gasteiger partial charge in [0.25, 0.3) is 5.91 Å². The van der Waals surface area contributed by atoms with Crippen LogP contribution in [0.3, 0.4) is 0 Å². The predicted octanol–water partition coefficient (Wildman–Crippen LogP) is 1.88. The topological polar surface area (TPSA) is 111 Å². The lowest BCUT2D eigenvalue weighted by molar-refractivity contribution is 0.101. The molecule has 1 aromatic heterocycles. The summed E-state index contributed by atoms with van der Waals surface area (Å²) in [7, 11) is 0. The van der Waals surface area contributed by atoms with Crippen LogP contribution < -0.4 is 10.2 Å². The number of ether oxygens (including phenoxy) is 1. The summed E-state index contributed by atoms with van der Waals surface area (Å²) in [6, 6.07) is 8.66. The number of hydrogen-bond donors (Lipinski definition) is 1. The van der Waals surface area contributed by atoms with E-state index in [0.717, 1.165) is 0 Å². The molecule has 9 heteroatoms. The minimum absolute atomic E-state index is 0.177. The fourth-order valence-corrected chi connectivity index (χ4v) is 2.80. The first kappa shape index (κ1) is 19.1. The van der Waals surface area contributed by atoms with Gasteiger partial charge in [-0.25, -0.2) is 14.8 Å². The Morgan fingerprint density at radius 1 is 1.21 bits per heavy atom. The zero-order valence-electron chi connectivity index (χ0n) is 15.5. The summed E-state index contributed by atoms with van der Waals surface area (Å²) in [5, 5.41) is 11.6. The molecule has 2 aromatic rings. The number of carbonyl (C=O) groups excluding carboxylic acids is 2. The molecule has 144 valence electrons. The van der Waals surface area contributed by atoms with Gasteiger partial charge in [0.1, 0.15) is 11.5 Å². The number of aromatic nitrogens is 2. The van der Waals surface area contributed by atoms with Gasteiger partial charge in [-0.05, 0) is 25.1 Å². The summed E-state index contributed by atoms with van der Waals surface area (Å²) in [6.45, 7) is 4.44. The average Bonchev–Trinajstić information content (AvgIpc) is 2.74. The van der Waals surface area contributed by atoms with E-state index in [0.29, 0.717) is 49.9 Å². The number of amides is 2. The summed E-state index contributed by atoms with van der Waals surface area (Å²) in [6.07, 6.45) is 2.65. The lowest BCUT2D eigenvalue weighted by atomic mass is 10.2. The molecule has 3 rings (SSSR count). The minimum Gasteiger partial charge on any atom is -0.450 e. The molecule has 0 radical (unpaired) electrons. The summed E-state index contributed by atoms with van der Waals surface area (Å²) in [4.78, 5) is 36.2. The number of hydrogen-bond acceptors (Lipinski definition) is 7. The van der Waals surface area contributed by atoms with Crippen molar-refractivity contribution in [2.45, 2.75) is 6.92 Å². The van der Waals surface area contributed by atoms with Gasteiger partial charge in [-0.2, -0.15) is 5.26 Å². The second-order valence-corrected chi connectivity index (χ2v) is 6.08. The monoisotopic (exact) mass is 380 g/mol. The first-order valence-electron chi connectivity index (χ1n) is 8.91. The maximum Gasteiger partial charge on any atom is 0.409 e. The van der Waals surface area contributed by atoms with Crippen LogP contribution in [0.15, 0.2) is 36.7 Å². The molecule has 1 aliphatic heterocycles. The second kappa shape index (κ2) is 8.81. The third kappa shape index (κ3) is 4.54. The van der Waals surface area contributed by atoms with Crippen LogP contribution in [0.1, 0.15) is 23.0 Å². The van der Waals surface area contributed by atoms with Crippen LogP contribution in [-0.4, -0.2) is 59.7 Å². The van der Waals surface area contributed by atoms with Crippen molar-refractivity contribution in [1.82, 2.24) is 14.9 Å². The van der Waals surface area contributed by atoms with E-state index in [9.17, 15) is 9.59 Å². The zero-order valence-corrected chi connectivity index (χ0v) is 15.5. The summed E-state index contributed by atoms with van der Waals surface area (Å²) in [5.74, 6) is 0.243. The lowest BCUT2D eigenvalue weighted by Gasteiger charge is -2.34. The Kier molecular flexibility index (Phi) is 6.01. The van der Waals surface area contributed by atoms with Gasteiger partial charge in [0, 0.05) is 31.9 Å². The van der Waals surface area contributed by atoms with E-state index in [4.69, 9.17) is 10.00 Å². The quantitative estimate of drug-likeness (QED) is 0.862. The normalized spacial score (nSPS) is 13.6. The largest absolute Gasteiger partial charge is 0.450 e. The number of piperazine rings is 1. The Morgan fingerprint density at radius 3 is 2.64 bits per heavy atom. The van der Waals surface area contributed by atoms with E-state index in [1.165, 1.54) is 6.20 Å². The van der Waals surface area contributed by atoms with Crippen LogP contribution in [0.25, 0.3) is 0 Å². The lowest BCUT2D eigenvalue weighted by Crippen LogP contribution is -2.49. The van der Waals surface area contributed by atoms with Crippen molar-refractivity contribution in [3.8, 4) is 6.07 Å². The summed E-state index contributed by atoms with van der Waals surface area (Å²) in [5.41, 5.74) is 1.16. The van der Waals surface area contributed by atoms with Gasteiger partial charge in [0.15, 0.2) is 0 Å². The van der Waals surface area contributed by atoms with Gasteiger partial charge in [-0.15, -0.1) is 0 Å². The van der Waals surface area contributed by atoms with Crippen molar-refractivity contribution in [2.24, 2.45) is 0 Å². The number of benzene rings is 1. The SMILES string of the molecule is CCOC(=O)N1CCN(c2cnc(C(=O)Nc3cccc(C#N)c3)cn2)CC1. The van der Waals surface area contributed by atoms with Gasteiger partial charge in [-0.3, -0.25) is 4.79 Å². The Hall–Kier alpha value is -3.67. The van der Waals surface area contributed by atoms with Crippen LogP contribution in [0, 0.1) is 11.3 Å². The fourth-order valence-electron chi connectivity index (χ4n) is 2.80. The highest BCUT2D eigenvalue weighted by atomic mass is 16.6. The van der Waals surface area contributed by atoms with E-state index in [-0.39, 0.29) is 11.8 Å². The molecule has 0 atom stereocenters. The van der Waals surface area contributed by atoms with E-state index < -0.39 is 5.91 Å². The Morgan fingerprint density at radius 2 is 2.00 bits per heavy atom. The number of anilines is 2. The van der Waals surface area contributed by atoms with E-state index >= 15 is 0 Å². The predicted molar refractivity (Wildman–Crippen MR) is 102 cm³/mol. The molecule has 0 unspecified atom stereocenters. The zero-order chi connectivity index (χ0) is 19.9. The van der Waals surface area contributed by atoms with Gasteiger partial charge >= 0.3 is 6.09 Å². The summed E-state index contributed by atoms with van der Waals surface area (Å²) >= 11 is 0. The molecular formula is C19H20N6O3. The van der Waals surface area contributed by atoms with Crippen LogP contribution in [0.2, 0.25) is 0 Å². The number of nitriles is 1. The van der Waals surface area contributed by atoms with Crippen LogP contribution in [0.4, 0.5) is 16.3 Å². The first-order valence-corrected chi connectivity index (χ1v) is 8.91. The Bertz CT molecular complexity index is 885. The van der Waals surface area contributed by atoms with Crippen molar-refractivity contribution in [3.63, 3.8) is 0 Å². The molecule has 0 bridgehead atoms. The molecule has 1 N–H and O–H groups in total. The van der Waals surface area contributed by atoms with Gasteiger partial charge in [-0.1, -0.05) is 6.07 Å². The smallest absolute Gasteiger partial charge is 0.409 e. The number of carbonyl (C=O) groups is 2. The van der Waals surface area contributed by atoms with E-state index in [1.54, 1.807) is 42.3 Å². The molecule has 0 saturated carbocycles. The standard InChI is InChI=1S/C19H20N6O3/c1-2-28-19(27)25-8-6-24(7-9-25)17-13-21-16(12-22-17)18(26)23-15-5-3-4-14(10-15)11-20/h3-5,10,12-13H,2,6-9H2,1H3,(H,23,26). The highest BCUT2D eigenvalue weighted by Gasteiger charge is 2.23. The summed E-state index contributed by atoms with van der Waals surface area (Å²) < 4.78 is 5.01. The molecule has 1 fully saturated rings. The molecule has 1 saturated heterocycles. The van der Waals surface area contributed by atoms with Crippen LogP contribution >= 0.6 is 0 Å². The molecular weight excluding hydrogens is 360 g/mol. The molecule has 1 aliphatic rings. The molecule has 0 spiro atoms. The van der Waals surface area contributed by atoms with Crippen molar-refractivity contribution < 1.29 is 14.3 Å². The molecule has 9 nitrogen and oxygen atoms in total. The van der Waals surface area contributed by atoms with Gasteiger partial charge in [0.05, 0.1) is 30.6 Å². The van der Waals surface area contributed by atoms with E-state index in [2.05, 4.69) is 15.3 Å². The Labute approximate surface area is 162 Å². The van der Waals surface area contributed by atoms with Crippen molar-refractivity contribution in [3.05, 3.63) is 47.9 Å². The number of rotatable bonds is 4. The first-order chi connectivity index (χ1) is 13.6. The van der Waals surface area contributed by atoms with Crippen molar-refractivity contribution >= 4 is 23.5 Å². The molecule has 2 amide bonds. The van der Waals surface area contributed by atoms with Crippen molar-refractivity contribution in [1.29, 1.82) is 5.26 Å².